The summed E-state index contributed by atoms with van der Waals surface area (Å²) in [7, 11) is -3.95. The van der Waals surface area contributed by atoms with Gasteiger partial charge in [0.15, 0.2) is 4.90 Å². The predicted molar refractivity (Wildman–Crippen MR) is 70.9 cm³/mol. The number of sulfonamides is 1. The van der Waals surface area contributed by atoms with Crippen molar-refractivity contribution in [1.29, 1.82) is 0 Å². The van der Waals surface area contributed by atoms with Crippen LogP contribution >= 0.6 is 0 Å². The molecule has 0 radical (unpaired) electrons. The number of benzene rings is 1. The van der Waals surface area contributed by atoms with E-state index in [0.29, 0.717) is 0 Å². The minimum atomic E-state index is -3.95. The van der Waals surface area contributed by atoms with Crippen molar-refractivity contribution in [3.8, 4) is 0 Å². The molecule has 1 rings (SSSR count). The van der Waals surface area contributed by atoms with Crippen LogP contribution in [0.25, 0.3) is 0 Å². The zero-order valence-corrected chi connectivity index (χ0v) is 11.4. The van der Waals surface area contributed by atoms with Crippen LogP contribution in [0.4, 0.5) is 11.4 Å². The summed E-state index contributed by atoms with van der Waals surface area (Å²) in [5.74, 6) is 5.26. The summed E-state index contributed by atoms with van der Waals surface area (Å²) >= 11 is 0. The van der Waals surface area contributed by atoms with E-state index in [9.17, 15) is 18.5 Å². The molecule has 106 valence electrons. The zero-order chi connectivity index (χ0) is 14.6. The maximum atomic E-state index is 12.0. The molecule has 8 nitrogen and oxygen atoms in total. The SMILES string of the molecule is CC(C)CNS(=O)(=O)c1cc(NN)ccc1[N+](=O)[O-]. The highest BCUT2D eigenvalue weighted by Crippen LogP contribution is 2.26. The third-order valence-corrected chi connectivity index (χ3v) is 3.75. The van der Waals surface area contributed by atoms with Gasteiger partial charge in [-0.2, -0.15) is 0 Å². The van der Waals surface area contributed by atoms with Gasteiger partial charge in [-0.05, 0) is 18.1 Å². The molecule has 1 aromatic carbocycles. The standard InChI is InChI=1S/C10H16N4O4S/c1-7(2)6-12-19(17,18)10-5-8(13-11)3-4-9(10)14(15)16/h3-5,7,12-13H,6,11H2,1-2H3. The highest BCUT2D eigenvalue weighted by Gasteiger charge is 2.26. The number of nitrogens with one attached hydrogen (secondary N) is 2. The van der Waals surface area contributed by atoms with Gasteiger partial charge in [0.25, 0.3) is 5.69 Å². The molecular formula is C10H16N4O4S. The Morgan fingerprint density at radius 3 is 2.53 bits per heavy atom. The molecular weight excluding hydrogens is 272 g/mol. The van der Waals surface area contributed by atoms with Crippen molar-refractivity contribution in [3.05, 3.63) is 28.3 Å². The molecule has 1 aromatic rings. The Morgan fingerprint density at radius 1 is 1.42 bits per heavy atom. The van der Waals surface area contributed by atoms with Crippen molar-refractivity contribution in [2.24, 2.45) is 11.8 Å². The van der Waals surface area contributed by atoms with Gasteiger partial charge in [-0.25, -0.2) is 13.1 Å². The van der Waals surface area contributed by atoms with Crippen LogP contribution in [0.15, 0.2) is 23.1 Å². The van der Waals surface area contributed by atoms with Gasteiger partial charge in [0.05, 0.1) is 10.6 Å². The Hall–Kier alpha value is -1.71. The monoisotopic (exact) mass is 288 g/mol. The summed E-state index contributed by atoms with van der Waals surface area (Å²) in [6, 6.07) is 3.56. The van der Waals surface area contributed by atoms with Gasteiger partial charge in [0, 0.05) is 12.6 Å². The Bertz CT molecular complexity index is 571. The van der Waals surface area contributed by atoms with Crippen molar-refractivity contribution in [1.82, 2.24) is 4.72 Å². The molecule has 4 N–H and O–H groups in total. The Morgan fingerprint density at radius 2 is 2.05 bits per heavy atom. The van der Waals surface area contributed by atoms with E-state index in [1.165, 1.54) is 6.07 Å². The van der Waals surface area contributed by atoms with E-state index in [-0.39, 0.29) is 18.2 Å². The van der Waals surface area contributed by atoms with E-state index in [0.717, 1.165) is 12.1 Å². The van der Waals surface area contributed by atoms with Gasteiger partial charge in [-0.1, -0.05) is 13.8 Å². The van der Waals surface area contributed by atoms with Gasteiger partial charge < -0.3 is 5.43 Å². The second-order valence-corrected chi connectivity index (χ2v) is 6.07. The molecule has 0 aromatic heterocycles. The number of nitrogen functional groups attached to an aromatic ring is 1. The molecule has 0 aliphatic carbocycles. The lowest BCUT2D eigenvalue weighted by atomic mass is 10.2. The first-order valence-electron chi connectivity index (χ1n) is 5.52. The van der Waals surface area contributed by atoms with Crippen LogP contribution in [0.5, 0.6) is 0 Å². The minimum Gasteiger partial charge on any atom is -0.324 e. The van der Waals surface area contributed by atoms with Crippen LogP contribution in [0.3, 0.4) is 0 Å². The quantitative estimate of drug-likeness (QED) is 0.404. The van der Waals surface area contributed by atoms with E-state index in [4.69, 9.17) is 5.84 Å². The van der Waals surface area contributed by atoms with Crippen LogP contribution in [0.2, 0.25) is 0 Å². The van der Waals surface area contributed by atoms with E-state index >= 15 is 0 Å². The van der Waals surface area contributed by atoms with Gasteiger partial charge in [-0.3, -0.25) is 16.0 Å². The number of rotatable bonds is 6. The third-order valence-electron chi connectivity index (χ3n) is 2.29. The lowest BCUT2D eigenvalue weighted by Crippen LogP contribution is -2.28. The number of nitro groups is 1. The van der Waals surface area contributed by atoms with Crippen LogP contribution in [0, 0.1) is 16.0 Å². The second-order valence-electron chi connectivity index (χ2n) is 4.33. The van der Waals surface area contributed by atoms with Crippen molar-refractivity contribution >= 4 is 21.4 Å². The minimum absolute atomic E-state index is 0.0876. The largest absolute Gasteiger partial charge is 0.324 e. The van der Waals surface area contributed by atoms with E-state index < -0.39 is 25.5 Å². The molecule has 0 fully saturated rings. The second kappa shape index (κ2) is 5.95. The van der Waals surface area contributed by atoms with Gasteiger partial charge in [0.2, 0.25) is 10.0 Å². The molecule has 0 saturated heterocycles. The lowest BCUT2D eigenvalue weighted by molar-refractivity contribution is -0.387. The maximum absolute atomic E-state index is 12.0. The normalized spacial score (nSPS) is 11.6. The maximum Gasteiger partial charge on any atom is 0.289 e. The van der Waals surface area contributed by atoms with Crippen molar-refractivity contribution in [2.75, 3.05) is 12.0 Å². The smallest absolute Gasteiger partial charge is 0.289 e. The summed E-state index contributed by atoms with van der Waals surface area (Å²) in [4.78, 5) is 9.71. The van der Waals surface area contributed by atoms with E-state index in [2.05, 4.69) is 10.1 Å². The average Bonchev–Trinajstić information content (AvgIpc) is 2.35. The van der Waals surface area contributed by atoms with Crippen LogP contribution in [-0.4, -0.2) is 19.9 Å². The molecule has 0 amide bonds. The summed E-state index contributed by atoms with van der Waals surface area (Å²) in [5, 5.41) is 10.9. The fourth-order valence-corrected chi connectivity index (χ4v) is 2.73. The topological polar surface area (TPSA) is 127 Å². The van der Waals surface area contributed by atoms with Crippen molar-refractivity contribution in [3.63, 3.8) is 0 Å². The highest BCUT2D eigenvalue weighted by atomic mass is 32.2. The number of hydrogen-bond acceptors (Lipinski definition) is 6. The molecule has 0 atom stereocenters. The summed E-state index contributed by atoms with van der Waals surface area (Å²) in [5.41, 5.74) is 2.04. The number of anilines is 1. The Balaban J connectivity index is 3.26. The fourth-order valence-electron chi connectivity index (χ4n) is 1.32. The van der Waals surface area contributed by atoms with E-state index in [1.807, 2.05) is 13.8 Å². The average molecular weight is 288 g/mol. The summed E-state index contributed by atoms with van der Waals surface area (Å²) in [6.45, 7) is 3.85. The molecule has 0 saturated carbocycles. The Labute approximate surface area is 111 Å². The van der Waals surface area contributed by atoms with Crippen LogP contribution in [-0.2, 0) is 10.0 Å². The van der Waals surface area contributed by atoms with E-state index in [1.54, 1.807) is 0 Å². The molecule has 0 unspecified atom stereocenters. The first-order chi connectivity index (χ1) is 8.77. The zero-order valence-electron chi connectivity index (χ0n) is 10.6. The predicted octanol–water partition coefficient (Wildman–Crippen LogP) is 0.815. The molecule has 9 heteroatoms. The molecule has 0 spiro atoms. The van der Waals surface area contributed by atoms with Gasteiger partial charge in [-0.15, -0.1) is 0 Å². The van der Waals surface area contributed by atoms with Crippen LogP contribution < -0.4 is 16.0 Å². The molecule has 0 bridgehead atoms. The lowest BCUT2D eigenvalue weighted by Gasteiger charge is -2.10. The number of hydrazine groups is 1. The first kappa shape index (κ1) is 15.3. The van der Waals surface area contributed by atoms with Crippen molar-refractivity contribution < 1.29 is 13.3 Å². The molecule has 19 heavy (non-hydrogen) atoms. The Kier molecular flexibility index (Phi) is 4.81. The summed E-state index contributed by atoms with van der Waals surface area (Å²) in [6.07, 6.45) is 0. The third kappa shape index (κ3) is 3.88. The van der Waals surface area contributed by atoms with Gasteiger partial charge >= 0.3 is 0 Å². The number of nitrogens with two attached hydrogens (primary N) is 1. The van der Waals surface area contributed by atoms with Crippen molar-refractivity contribution in [2.45, 2.75) is 18.7 Å². The molecule has 0 aliphatic rings. The number of hydrogen-bond donors (Lipinski definition) is 3. The first-order valence-corrected chi connectivity index (χ1v) is 7.01. The number of nitro benzene ring substituents is 1. The van der Waals surface area contributed by atoms with Gasteiger partial charge in [0.1, 0.15) is 0 Å². The molecule has 0 heterocycles. The fraction of sp³-hybridized carbons (Fsp3) is 0.400. The highest BCUT2D eigenvalue weighted by molar-refractivity contribution is 7.89. The molecule has 0 aliphatic heterocycles. The van der Waals surface area contributed by atoms with Crippen LogP contribution in [0.1, 0.15) is 13.8 Å². The number of nitrogens with zero attached hydrogens (tertiary/aromatic N) is 1. The summed E-state index contributed by atoms with van der Waals surface area (Å²) < 4.78 is 26.4.